The van der Waals surface area contributed by atoms with Gasteiger partial charge in [0, 0.05) is 16.3 Å². The van der Waals surface area contributed by atoms with E-state index < -0.39 is 0 Å². The van der Waals surface area contributed by atoms with Gasteiger partial charge in [-0.2, -0.15) is 5.26 Å². The molecule has 0 saturated carbocycles. The Morgan fingerprint density at radius 3 is 1.67 bits per heavy atom. The molecule has 42 heavy (non-hydrogen) atoms. The molecule has 194 valence electrons. The lowest BCUT2D eigenvalue weighted by atomic mass is 9.90. The molecule has 0 N–H and O–H groups in total. The van der Waals surface area contributed by atoms with Crippen molar-refractivity contribution in [2.75, 3.05) is 0 Å². The van der Waals surface area contributed by atoms with Crippen molar-refractivity contribution in [2.45, 2.75) is 0 Å². The fourth-order valence-corrected chi connectivity index (χ4v) is 6.11. The number of aromatic nitrogens is 1. The van der Waals surface area contributed by atoms with Gasteiger partial charge in [-0.3, -0.25) is 0 Å². The summed E-state index contributed by atoms with van der Waals surface area (Å²) in [6, 6.07) is 53.4. The van der Waals surface area contributed by atoms with Crippen LogP contribution in [0.15, 0.2) is 146 Å². The summed E-state index contributed by atoms with van der Waals surface area (Å²) in [5, 5.41) is 17.6. The van der Waals surface area contributed by atoms with Gasteiger partial charge < -0.3 is 0 Å². The number of nitriles is 1. The highest BCUT2D eigenvalue weighted by atomic mass is 14.7. The lowest BCUT2D eigenvalue weighted by Gasteiger charge is -2.16. The van der Waals surface area contributed by atoms with E-state index in [1.807, 2.05) is 24.3 Å². The van der Waals surface area contributed by atoms with Crippen molar-refractivity contribution in [2.24, 2.45) is 0 Å². The number of nitrogens with zero attached hydrogens (tertiary/aromatic N) is 2. The zero-order valence-corrected chi connectivity index (χ0v) is 22.8. The topological polar surface area (TPSA) is 36.7 Å². The molecular weight excluding hydrogens is 508 g/mol. The Morgan fingerprint density at radius 2 is 0.976 bits per heavy atom. The van der Waals surface area contributed by atoms with Crippen LogP contribution in [0.2, 0.25) is 0 Å². The van der Waals surface area contributed by atoms with Crippen molar-refractivity contribution >= 4 is 43.2 Å². The fraction of sp³-hybridized carbons (Fsp3) is 0. The van der Waals surface area contributed by atoms with Crippen LogP contribution in [0.25, 0.3) is 76.7 Å². The molecule has 2 nitrogen and oxygen atoms in total. The first kappa shape index (κ1) is 24.1. The molecule has 0 bridgehead atoms. The third kappa shape index (κ3) is 4.00. The van der Waals surface area contributed by atoms with E-state index in [9.17, 15) is 5.26 Å². The maximum atomic E-state index is 9.37. The normalized spacial score (nSPS) is 11.3. The molecule has 0 saturated heterocycles. The molecule has 0 atom stereocenters. The van der Waals surface area contributed by atoms with Crippen molar-refractivity contribution < 1.29 is 0 Å². The number of rotatable bonds is 3. The summed E-state index contributed by atoms with van der Waals surface area (Å²) in [6.07, 6.45) is 0. The van der Waals surface area contributed by atoms with E-state index in [2.05, 4.69) is 127 Å². The summed E-state index contributed by atoms with van der Waals surface area (Å²) >= 11 is 0. The van der Waals surface area contributed by atoms with Gasteiger partial charge in [0.1, 0.15) is 0 Å². The maximum absolute atomic E-state index is 9.37. The second kappa shape index (κ2) is 9.70. The van der Waals surface area contributed by atoms with E-state index in [1.54, 1.807) is 0 Å². The Kier molecular flexibility index (Phi) is 5.55. The molecule has 0 aliphatic heterocycles. The van der Waals surface area contributed by atoms with Crippen molar-refractivity contribution in [3.8, 4) is 39.6 Å². The highest BCUT2D eigenvalue weighted by Crippen LogP contribution is 2.41. The van der Waals surface area contributed by atoms with Crippen LogP contribution in [-0.2, 0) is 0 Å². The third-order valence-electron chi connectivity index (χ3n) is 8.25. The highest BCUT2D eigenvalue weighted by molar-refractivity contribution is 6.16. The van der Waals surface area contributed by atoms with Crippen molar-refractivity contribution in [1.29, 1.82) is 5.26 Å². The van der Waals surface area contributed by atoms with Gasteiger partial charge >= 0.3 is 0 Å². The average molecular weight is 533 g/mol. The molecule has 0 fully saturated rings. The van der Waals surface area contributed by atoms with Crippen LogP contribution in [0.1, 0.15) is 5.56 Å². The van der Waals surface area contributed by atoms with E-state index >= 15 is 0 Å². The monoisotopic (exact) mass is 532 g/mol. The molecule has 7 aromatic carbocycles. The first-order valence-corrected chi connectivity index (χ1v) is 14.1. The van der Waals surface area contributed by atoms with Crippen molar-refractivity contribution in [1.82, 2.24) is 4.98 Å². The third-order valence-corrected chi connectivity index (χ3v) is 8.25. The zero-order valence-electron chi connectivity index (χ0n) is 22.8. The average Bonchev–Trinajstić information content (AvgIpc) is 3.07. The molecule has 8 rings (SSSR count). The van der Waals surface area contributed by atoms with Crippen LogP contribution in [0.5, 0.6) is 0 Å². The Hall–Kier alpha value is -5.78. The minimum atomic E-state index is 0.655. The van der Waals surface area contributed by atoms with E-state index in [0.29, 0.717) is 5.56 Å². The Balaban J connectivity index is 1.47. The van der Waals surface area contributed by atoms with Crippen LogP contribution in [0, 0.1) is 11.3 Å². The molecule has 0 spiro atoms. The van der Waals surface area contributed by atoms with Gasteiger partial charge in [-0.15, -0.1) is 0 Å². The second-order valence-electron chi connectivity index (χ2n) is 10.7. The van der Waals surface area contributed by atoms with Crippen LogP contribution >= 0.6 is 0 Å². The number of hydrogen-bond donors (Lipinski definition) is 0. The van der Waals surface area contributed by atoms with Gasteiger partial charge in [-0.05, 0) is 85.6 Å². The van der Waals surface area contributed by atoms with Crippen LogP contribution in [-0.4, -0.2) is 4.98 Å². The van der Waals surface area contributed by atoms with E-state index in [-0.39, 0.29) is 0 Å². The highest BCUT2D eigenvalue weighted by Gasteiger charge is 2.16. The van der Waals surface area contributed by atoms with Gasteiger partial charge in [0.15, 0.2) is 0 Å². The minimum absolute atomic E-state index is 0.655. The van der Waals surface area contributed by atoms with Gasteiger partial charge in [0.25, 0.3) is 0 Å². The number of fused-ring (bicyclic) bond motifs is 5. The lowest BCUT2D eigenvalue weighted by Crippen LogP contribution is -1.93. The van der Waals surface area contributed by atoms with Crippen LogP contribution in [0.3, 0.4) is 0 Å². The predicted molar refractivity (Wildman–Crippen MR) is 175 cm³/mol. The van der Waals surface area contributed by atoms with E-state index in [4.69, 9.17) is 4.98 Å². The smallest absolute Gasteiger partial charge is 0.0991 e. The molecule has 2 heteroatoms. The molecule has 0 aliphatic rings. The van der Waals surface area contributed by atoms with Gasteiger partial charge in [0.05, 0.1) is 22.8 Å². The van der Waals surface area contributed by atoms with Crippen LogP contribution < -0.4 is 0 Å². The SMILES string of the molecule is N#Cc1ccc(-c2cc3c(-c4ccc5ccccc5c4)cc(-c4ccc5ccccc5c4)nc3c3ccccc23)cc1. The van der Waals surface area contributed by atoms with Gasteiger partial charge in [-0.25, -0.2) is 4.98 Å². The summed E-state index contributed by atoms with van der Waals surface area (Å²) < 4.78 is 0. The molecule has 0 unspecified atom stereocenters. The Morgan fingerprint density at radius 1 is 0.429 bits per heavy atom. The fourth-order valence-electron chi connectivity index (χ4n) is 6.11. The largest absolute Gasteiger partial charge is 0.247 e. The zero-order chi connectivity index (χ0) is 28.0. The summed E-state index contributed by atoms with van der Waals surface area (Å²) in [5.41, 5.74) is 8.20. The second-order valence-corrected chi connectivity index (χ2v) is 10.7. The first-order chi connectivity index (χ1) is 20.7. The molecule has 0 amide bonds. The standard InChI is InChI=1S/C40H24N2/c41-25-26-13-15-29(16-14-26)36-23-38-37(32-19-17-27-7-1-3-9-30(27)21-32)24-39(42-40(38)35-12-6-5-11-34(35)36)33-20-18-28-8-2-4-10-31(28)22-33/h1-24H. The van der Waals surface area contributed by atoms with E-state index in [1.165, 1.54) is 21.5 Å². The molecule has 0 radical (unpaired) electrons. The molecule has 1 aromatic heterocycles. The molecule has 8 aromatic rings. The quantitative estimate of drug-likeness (QED) is 0.212. The number of benzene rings is 7. The van der Waals surface area contributed by atoms with Gasteiger partial charge in [-0.1, -0.05) is 109 Å². The summed E-state index contributed by atoms with van der Waals surface area (Å²) in [5.74, 6) is 0. The predicted octanol–water partition coefficient (Wildman–Crippen LogP) is 10.6. The molecule has 0 aliphatic carbocycles. The van der Waals surface area contributed by atoms with Crippen molar-refractivity contribution in [3.05, 3.63) is 151 Å². The van der Waals surface area contributed by atoms with Gasteiger partial charge in [0.2, 0.25) is 0 Å². The number of hydrogen-bond acceptors (Lipinski definition) is 2. The maximum Gasteiger partial charge on any atom is 0.0991 e. The Labute approximate surface area is 243 Å². The summed E-state index contributed by atoms with van der Waals surface area (Å²) in [4.78, 5) is 5.35. The summed E-state index contributed by atoms with van der Waals surface area (Å²) in [6.45, 7) is 0. The molecule has 1 heterocycles. The number of pyridine rings is 1. The van der Waals surface area contributed by atoms with Crippen LogP contribution in [0.4, 0.5) is 0 Å². The van der Waals surface area contributed by atoms with Crippen molar-refractivity contribution in [3.63, 3.8) is 0 Å². The van der Waals surface area contributed by atoms with E-state index in [0.717, 1.165) is 55.2 Å². The minimum Gasteiger partial charge on any atom is -0.247 e. The summed E-state index contributed by atoms with van der Waals surface area (Å²) in [7, 11) is 0. The molecular formula is C40H24N2. The Bertz CT molecular complexity index is 2360. The first-order valence-electron chi connectivity index (χ1n) is 14.1. The lowest BCUT2D eigenvalue weighted by molar-refractivity contribution is 1.41.